The van der Waals surface area contributed by atoms with Crippen LogP contribution in [0.4, 0.5) is 0 Å². The molecule has 0 unspecified atom stereocenters. The van der Waals surface area contributed by atoms with E-state index in [9.17, 15) is 4.79 Å². The molecule has 0 atom stereocenters. The molecule has 0 aliphatic rings. The number of carbonyl (C=O) groups excluding carboxylic acids is 1. The second-order valence-corrected chi connectivity index (χ2v) is 8.58. The van der Waals surface area contributed by atoms with Crippen LogP contribution in [0.3, 0.4) is 0 Å². The van der Waals surface area contributed by atoms with Crippen LogP contribution in [0.15, 0.2) is 30.3 Å². The third kappa shape index (κ3) is 2.71. The number of rotatable bonds is 6. The molecule has 0 bridgehead atoms. The lowest BCUT2D eigenvalue weighted by atomic mass is 10.2. The highest BCUT2D eigenvalue weighted by molar-refractivity contribution is 7.91. The molecule has 16 heavy (non-hydrogen) atoms. The standard InChI is InChI=1S/C14H22OP/c1-4-12-16(5-2,6-3)14(15)13-10-8-7-9-11-13/h7-11H,4-6,12H2,1-3H3/q+1. The Hall–Kier alpha value is -0.680. The second kappa shape index (κ2) is 6.15. The van der Waals surface area contributed by atoms with Crippen LogP contribution < -0.4 is 0 Å². The van der Waals surface area contributed by atoms with Gasteiger partial charge in [-0.2, -0.15) is 0 Å². The molecular weight excluding hydrogens is 215 g/mol. The summed E-state index contributed by atoms with van der Waals surface area (Å²) in [7, 11) is -1.41. The van der Waals surface area contributed by atoms with E-state index in [1.54, 1.807) is 0 Å². The number of benzene rings is 1. The van der Waals surface area contributed by atoms with Crippen molar-refractivity contribution in [2.24, 2.45) is 0 Å². The number of carbonyl (C=O) groups is 1. The van der Waals surface area contributed by atoms with Crippen molar-refractivity contribution in [3.8, 4) is 0 Å². The zero-order valence-electron chi connectivity index (χ0n) is 10.6. The van der Waals surface area contributed by atoms with E-state index in [4.69, 9.17) is 0 Å². The fourth-order valence-electron chi connectivity index (χ4n) is 2.21. The van der Waals surface area contributed by atoms with Crippen molar-refractivity contribution in [1.82, 2.24) is 0 Å². The van der Waals surface area contributed by atoms with Gasteiger partial charge < -0.3 is 0 Å². The Labute approximate surface area is 99.6 Å². The maximum absolute atomic E-state index is 12.6. The largest absolute Gasteiger partial charge is 0.297 e. The predicted molar refractivity (Wildman–Crippen MR) is 73.9 cm³/mol. The van der Waals surface area contributed by atoms with Crippen LogP contribution in [-0.2, 0) is 0 Å². The van der Waals surface area contributed by atoms with Gasteiger partial charge in [-0.05, 0) is 32.4 Å². The Kier molecular flexibility index (Phi) is 5.15. The van der Waals surface area contributed by atoms with E-state index >= 15 is 0 Å². The molecule has 88 valence electrons. The van der Waals surface area contributed by atoms with Crippen LogP contribution in [0.1, 0.15) is 37.6 Å². The number of hydrogen-bond acceptors (Lipinski definition) is 1. The van der Waals surface area contributed by atoms with Gasteiger partial charge in [0.05, 0.1) is 31.3 Å². The van der Waals surface area contributed by atoms with Crippen molar-refractivity contribution in [3.05, 3.63) is 35.9 Å². The molecule has 2 heteroatoms. The molecule has 0 aliphatic heterocycles. The van der Waals surface area contributed by atoms with E-state index in [-0.39, 0.29) is 0 Å². The molecule has 1 nitrogen and oxygen atoms in total. The molecule has 1 aromatic rings. The lowest BCUT2D eigenvalue weighted by molar-refractivity contribution is 0.107. The molecule has 1 aromatic carbocycles. The Morgan fingerprint density at radius 1 is 1.06 bits per heavy atom. The van der Waals surface area contributed by atoms with E-state index < -0.39 is 7.26 Å². The van der Waals surface area contributed by atoms with Gasteiger partial charge in [-0.3, -0.25) is 0 Å². The molecule has 0 aliphatic carbocycles. The first kappa shape index (κ1) is 13.4. The lowest BCUT2D eigenvalue weighted by Gasteiger charge is -2.22. The Morgan fingerprint density at radius 3 is 2.06 bits per heavy atom. The SMILES string of the molecule is CCC[P+](CC)(CC)C(=O)c1ccccc1. The molecule has 0 heterocycles. The van der Waals surface area contributed by atoms with Gasteiger partial charge in [-0.15, -0.1) is 0 Å². The summed E-state index contributed by atoms with van der Waals surface area (Å²) in [4.78, 5) is 12.6. The lowest BCUT2D eigenvalue weighted by Crippen LogP contribution is -2.15. The van der Waals surface area contributed by atoms with Crippen molar-refractivity contribution >= 4 is 12.8 Å². The minimum atomic E-state index is -1.41. The summed E-state index contributed by atoms with van der Waals surface area (Å²) in [6.07, 6.45) is 4.32. The average Bonchev–Trinajstić information content (AvgIpc) is 2.36. The van der Waals surface area contributed by atoms with Crippen LogP contribution >= 0.6 is 7.26 Å². The summed E-state index contributed by atoms with van der Waals surface area (Å²) in [6.45, 7) is 6.53. The van der Waals surface area contributed by atoms with Gasteiger partial charge in [-0.1, -0.05) is 25.1 Å². The summed E-state index contributed by atoms with van der Waals surface area (Å²) in [5, 5.41) is 0. The maximum atomic E-state index is 12.6. The molecule has 0 amide bonds. The molecule has 0 saturated heterocycles. The summed E-state index contributed by atoms with van der Waals surface area (Å²) in [5.74, 6) is 0. The van der Waals surface area contributed by atoms with Crippen molar-refractivity contribution in [2.45, 2.75) is 27.2 Å². The van der Waals surface area contributed by atoms with Crippen molar-refractivity contribution in [1.29, 1.82) is 0 Å². The van der Waals surface area contributed by atoms with Gasteiger partial charge in [0.1, 0.15) is 0 Å². The molecule has 0 spiro atoms. The van der Waals surface area contributed by atoms with Crippen LogP contribution in [0.5, 0.6) is 0 Å². The molecule has 0 saturated carbocycles. The van der Waals surface area contributed by atoms with E-state index in [2.05, 4.69) is 20.8 Å². The fraction of sp³-hybridized carbons (Fsp3) is 0.500. The molecule has 0 fully saturated rings. The smallest absolute Gasteiger partial charge is 0.247 e. The average molecular weight is 237 g/mol. The first-order valence-electron chi connectivity index (χ1n) is 6.16. The van der Waals surface area contributed by atoms with Crippen molar-refractivity contribution in [2.75, 3.05) is 18.5 Å². The fourth-order valence-corrected chi connectivity index (χ4v) is 5.62. The summed E-state index contributed by atoms with van der Waals surface area (Å²) in [5.41, 5.74) is 1.34. The zero-order chi connectivity index (χ0) is 12.0. The normalized spacial score (nSPS) is 11.4. The van der Waals surface area contributed by atoms with Crippen LogP contribution in [0, 0.1) is 0 Å². The minimum Gasteiger partial charge on any atom is -0.247 e. The van der Waals surface area contributed by atoms with E-state index in [0.717, 1.165) is 30.5 Å². The van der Waals surface area contributed by atoms with Crippen molar-refractivity contribution < 1.29 is 4.79 Å². The highest BCUT2D eigenvalue weighted by atomic mass is 31.2. The van der Waals surface area contributed by atoms with E-state index in [0.29, 0.717) is 5.52 Å². The van der Waals surface area contributed by atoms with Crippen LogP contribution in [-0.4, -0.2) is 24.0 Å². The first-order valence-corrected chi connectivity index (χ1v) is 8.50. The molecule has 1 rings (SSSR count). The third-order valence-corrected chi connectivity index (χ3v) is 8.16. The molecule has 0 N–H and O–H groups in total. The quantitative estimate of drug-likeness (QED) is 0.674. The molecular formula is C14H22OP+. The van der Waals surface area contributed by atoms with E-state index in [1.165, 1.54) is 0 Å². The van der Waals surface area contributed by atoms with Gasteiger partial charge in [0.15, 0.2) is 0 Å². The van der Waals surface area contributed by atoms with Crippen LogP contribution in [0.25, 0.3) is 0 Å². The highest BCUT2D eigenvalue weighted by Crippen LogP contribution is 2.60. The van der Waals surface area contributed by atoms with Crippen molar-refractivity contribution in [3.63, 3.8) is 0 Å². The Morgan fingerprint density at radius 2 is 1.62 bits per heavy atom. The van der Waals surface area contributed by atoms with Gasteiger partial charge in [0.2, 0.25) is 0 Å². The van der Waals surface area contributed by atoms with E-state index in [1.807, 2.05) is 30.3 Å². The topological polar surface area (TPSA) is 17.1 Å². The molecule has 0 aromatic heterocycles. The summed E-state index contributed by atoms with van der Waals surface area (Å²) >= 11 is 0. The van der Waals surface area contributed by atoms with Gasteiger partial charge >= 0.3 is 0 Å². The van der Waals surface area contributed by atoms with Gasteiger partial charge in [0.25, 0.3) is 5.52 Å². The minimum absolute atomic E-state index is 0.431. The first-order chi connectivity index (χ1) is 7.70. The summed E-state index contributed by atoms with van der Waals surface area (Å²) < 4.78 is 0. The predicted octanol–water partition coefficient (Wildman–Crippen LogP) is 4.29. The summed E-state index contributed by atoms with van der Waals surface area (Å²) in [6, 6.07) is 9.79. The van der Waals surface area contributed by atoms with Gasteiger partial charge in [0, 0.05) is 0 Å². The monoisotopic (exact) mass is 237 g/mol. The highest BCUT2D eigenvalue weighted by Gasteiger charge is 2.42. The third-order valence-electron chi connectivity index (χ3n) is 3.31. The van der Waals surface area contributed by atoms with Gasteiger partial charge in [-0.25, -0.2) is 4.79 Å². The zero-order valence-corrected chi connectivity index (χ0v) is 11.5. The molecule has 0 radical (unpaired) electrons. The Bertz CT molecular complexity index is 328. The Balaban J connectivity index is 3.00. The second-order valence-electron chi connectivity index (χ2n) is 4.17. The van der Waals surface area contributed by atoms with Crippen LogP contribution in [0.2, 0.25) is 0 Å². The maximum Gasteiger partial charge on any atom is 0.297 e. The number of hydrogen-bond donors (Lipinski definition) is 0.